The lowest BCUT2D eigenvalue weighted by Gasteiger charge is -2.17. The van der Waals surface area contributed by atoms with Crippen molar-refractivity contribution in [2.75, 3.05) is 23.0 Å². The Kier molecular flexibility index (Phi) is 18.0. The molecule has 0 aliphatic carbocycles. The smallest absolute Gasteiger partial charge is 0.355 e. The fourth-order valence-electron chi connectivity index (χ4n) is 7.83. The summed E-state index contributed by atoms with van der Waals surface area (Å²) in [5.41, 5.74) is 29.2. The van der Waals surface area contributed by atoms with Crippen LogP contribution in [-0.4, -0.2) is 44.5 Å². The summed E-state index contributed by atoms with van der Waals surface area (Å²) in [6.07, 6.45) is 1.82. The quantitative estimate of drug-likeness (QED) is 0.0863. The van der Waals surface area contributed by atoms with Crippen molar-refractivity contribution in [3.63, 3.8) is 0 Å². The number of nitrogens with one attached hydrogen (secondary N) is 1. The second kappa shape index (κ2) is 24.3. The molecule has 0 amide bonds. The number of thioether (sulfide) groups is 1. The van der Waals surface area contributed by atoms with E-state index in [1.807, 2.05) is 171 Å². The first-order valence-electron chi connectivity index (χ1n) is 23.4. The maximum atomic E-state index is 13.6. The topological polar surface area (TPSA) is 230 Å². The molecule has 17 heteroatoms. The van der Waals surface area contributed by atoms with Gasteiger partial charge in [0.25, 0.3) is 0 Å². The first kappa shape index (κ1) is 53.5. The van der Waals surface area contributed by atoms with Gasteiger partial charge in [0, 0.05) is 35.6 Å². The zero-order valence-corrected chi connectivity index (χ0v) is 43.3. The number of nitrogens with zero attached hydrogens (tertiary/aromatic N) is 8. The molecule has 0 saturated heterocycles. The fourth-order valence-corrected chi connectivity index (χ4v) is 8.36. The Labute approximate surface area is 423 Å². The number of aromatic nitrogens is 8. The molecular formula is C55H64N12O4S. The number of benzene rings is 4. The first-order chi connectivity index (χ1) is 34.3. The molecule has 0 aliphatic heterocycles. The van der Waals surface area contributed by atoms with E-state index in [0.717, 1.165) is 82.7 Å². The molecule has 0 radical (unpaired) electrons. The predicted octanol–water partition coefficient (Wildman–Crippen LogP) is 6.90. The molecule has 0 atom stereocenters. The Morgan fingerprint density at radius 3 is 1.19 bits per heavy atom. The van der Waals surface area contributed by atoms with Gasteiger partial charge in [0.15, 0.2) is 5.16 Å². The van der Waals surface area contributed by atoms with E-state index < -0.39 is 17.1 Å². The lowest BCUT2D eigenvalue weighted by Crippen LogP contribution is -2.43. The van der Waals surface area contributed by atoms with Gasteiger partial charge in [-0.2, -0.15) is 9.97 Å². The molecule has 7 N–H and O–H groups in total. The molecule has 0 fully saturated rings. The normalized spacial score (nSPS) is 10.8. The van der Waals surface area contributed by atoms with Crippen LogP contribution >= 0.6 is 11.8 Å². The van der Waals surface area contributed by atoms with Crippen LogP contribution in [0.2, 0.25) is 0 Å². The Morgan fingerprint density at radius 1 is 0.472 bits per heavy atom. The van der Waals surface area contributed by atoms with Crippen LogP contribution in [0.25, 0.3) is 0 Å². The summed E-state index contributed by atoms with van der Waals surface area (Å²) in [4.78, 5) is 68.6. The zero-order valence-electron chi connectivity index (χ0n) is 42.5. The van der Waals surface area contributed by atoms with E-state index >= 15 is 0 Å². The van der Waals surface area contributed by atoms with E-state index in [4.69, 9.17) is 17.2 Å². The van der Waals surface area contributed by atoms with Gasteiger partial charge in [-0.1, -0.05) is 131 Å². The number of hydrogen-bond acceptors (Lipinski definition) is 13. The number of pyridine rings is 2. The van der Waals surface area contributed by atoms with Gasteiger partial charge in [0.05, 0.1) is 26.2 Å². The van der Waals surface area contributed by atoms with Crippen LogP contribution in [0.5, 0.6) is 0 Å². The van der Waals surface area contributed by atoms with E-state index in [2.05, 4.69) is 25.3 Å². The van der Waals surface area contributed by atoms with Crippen molar-refractivity contribution in [1.29, 1.82) is 0 Å². The Bertz CT molecular complexity index is 3350. The number of hydrogen-bond donors (Lipinski definition) is 4. The van der Waals surface area contributed by atoms with Crippen LogP contribution < -0.4 is 45.3 Å². The Hall–Kier alpha value is -7.89. The molecule has 4 heterocycles. The molecule has 0 aliphatic rings. The summed E-state index contributed by atoms with van der Waals surface area (Å²) in [7, 11) is 0. The average Bonchev–Trinajstić information content (AvgIpc) is 3.33. The van der Waals surface area contributed by atoms with Gasteiger partial charge in [-0.15, -0.1) is 0 Å². The van der Waals surface area contributed by atoms with E-state index in [1.165, 1.54) is 20.9 Å². The van der Waals surface area contributed by atoms with E-state index in [0.29, 0.717) is 29.9 Å². The van der Waals surface area contributed by atoms with Crippen LogP contribution in [0, 0.1) is 55.4 Å². The maximum absolute atomic E-state index is 13.6. The molecule has 0 bridgehead atoms. The maximum Gasteiger partial charge on any atom is 0.355 e. The third kappa shape index (κ3) is 13.9. The standard InChI is InChI=1S/C27H30N6O2.C20H21N3O2S.C8H13N3/c1-17-5-9-21(10-6-17)15-32-25(29-14-23-19(3)13-20(4)30-24(23)28)31-26(34)33(27(32)35)16-22-11-7-18(2)8-12-22;1-14-4-8-16(9-5-14)12-22-18(24)21-19(26-3)23(20(22)25)13-17-10-6-15(2)7-11-17;1-5-3-6(2)11-8(10)7(5)4-9/h5-13H,14-16H2,1-4H3,(H2,28,30)(H,29,31,34);4-11H,12-13H2,1-3H3;3H,4,9H2,1-2H3,(H2,10,11). The van der Waals surface area contributed by atoms with Crippen molar-refractivity contribution in [2.45, 2.75) is 99.8 Å². The lowest BCUT2D eigenvalue weighted by atomic mass is 10.1. The van der Waals surface area contributed by atoms with E-state index in [-0.39, 0.29) is 37.8 Å². The number of rotatable bonds is 13. The van der Waals surface area contributed by atoms with Crippen molar-refractivity contribution in [1.82, 2.24) is 38.2 Å². The summed E-state index contributed by atoms with van der Waals surface area (Å²) >= 11 is 1.30. The molecule has 8 rings (SSSR count). The van der Waals surface area contributed by atoms with Crippen LogP contribution in [0.15, 0.2) is 134 Å². The van der Waals surface area contributed by atoms with Crippen molar-refractivity contribution in [3.05, 3.63) is 229 Å². The molecule has 0 spiro atoms. The highest BCUT2D eigenvalue weighted by molar-refractivity contribution is 7.98. The summed E-state index contributed by atoms with van der Waals surface area (Å²) in [6.45, 7) is 17.5. The van der Waals surface area contributed by atoms with Gasteiger partial charge < -0.3 is 22.5 Å². The minimum absolute atomic E-state index is 0.146. The highest BCUT2D eigenvalue weighted by Gasteiger charge is 2.17. The van der Waals surface area contributed by atoms with Crippen molar-refractivity contribution in [2.24, 2.45) is 5.73 Å². The van der Waals surface area contributed by atoms with Crippen molar-refractivity contribution in [3.8, 4) is 0 Å². The summed E-state index contributed by atoms with van der Waals surface area (Å²) < 4.78 is 5.41. The minimum atomic E-state index is -0.607. The molecule has 8 aromatic rings. The van der Waals surface area contributed by atoms with Gasteiger partial charge in [0.2, 0.25) is 5.95 Å². The largest absolute Gasteiger partial charge is 0.383 e. The average molecular weight is 989 g/mol. The van der Waals surface area contributed by atoms with E-state index in [1.54, 1.807) is 4.57 Å². The SMILES string of the molecule is CSc1nc(=O)n(Cc2ccc(C)cc2)c(=O)n1Cc1ccc(C)cc1.Cc1cc(C)c(CN)c(N)n1.Cc1ccc(Cn2c(NCc3c(C)cc(C)nc3N)nc(=O)n(Cc3ccc(C)cc3)c2=O)cc1. The lowest BCUT2D eigenvalue weighted by molar-refractivity contribution is 0.527. The molecule has 0 unspecified atom stereocenters. The number of nitrogen functional groups attached to an aromatic ring is 2. The van der Waals surface area contributed by atoms with Crippen molar-refractivity contribution < 1.29 is 0 Å². The molecule has 72 heavy (non-hydrogen) atoms. The summed E-state index contributed by atoms with van der Waals surface area (Å²) in [5, 5.41) is 3.59. The minimum Gasteiger partial charge on any atom is -0.383 e. The molecule has 374 valence electrons. The number of aryl methyl sites for hydroxylation is 8. The Balaban J connectivity index is 0.000000200. The number of nitrogens with two attached hydrogens (primary N) is 3. The summed E-state index contributed by atoms with van der Waals surface area (Å²) in [6, 6.07) is 35.3. The van der Waals surface area contributed by atoms with Crippen LogP contribution in [0.3, 0.4) is 0 Å². The van der Waals surface area contributed by atoms with Crippen molar-refractivity contribution >= 4 is 29.3 Å². The van der Waals surface area contributed by atoms with Gasteiger partial charge in [-0.3, -0.25) is 9.13 Å². The first-order valence-corrected chi connectivity index (χ1v) is 24.6. The molecule has 4 aromatic heterocycles. The highest BCUT2D eigenvalue weighted by Crippen LogP contribution is 2.19. The number of anilines is 3. The fraction of sp³-hybridized carbons (Fsp3) is 0.273. The predicted molar refractivity (Wildman–Crippen MR) is 290 cm³/mol. The zero-order chi connectivity index (χ0) is 52.2. The van der Waals surface area contributed by atoms with E-state index in [9.17, 15) is 19.2 Å². The van der Waals surface area contributed by atoms with Crippen LogP contribution in [0.4, 0.5) is 17.6 Å². The molecular weight excluding hydrogens is 925 g/mol. The Morgan fingerprint density at radius 2 is 0.819 bits per heavy atom. The van der Waals surface area contributed by atoms with Crippen LogP contribution in [0.1, 0.15) is 78.1 Å². The highest BCUT2D eigenvalue weighted by atomic mass is 32.2. The second-order valence-corrected chi connectivity index (χ2v) is 18.7. The third-order valence-corrected chi connectivity index (χ3v) is 12.6. The molecule has 4 aromatic carbocycles. The second-order valence-electron chi connectivity index (χ2n) is 17.9. The van der Waals surface area contributed by atoms with Gasteiger partial charge in [-0.05, 0) is 107 Å². The molecule has 16 nitrogen and oxygen atoms in total. The monoisotopic (exact) mass is 988 g/mol. The van der Waals surface area contributed by atoms with Crippen LogP contribution in [-0.2, 0) is 39.3 Å². The third-order valence-electron chi connectivity index (χ3n) is 11.9. The van der Waals surface area contributed by atoms with Gasteiger partial charge in [-0.25, -0.2) is 38.3 Å². The van der Waals surface area contributed by atoms with Gasteiger partial charge in [0.1, 0.15) is 11.6 Å². The molecule has 0 saturated carbocycles. The van der Waals surface area contributed by atoms with Gasteiger partial charge >= 0.3 is 22.8 Å². The summed E-state index contributed by atoms with van der Waals surface area (Å²) in [5.74, 6) is 1.17.